The van der Waals surface area contributed by atoms with Gasteiger partial charge in [-0.25, -0.2) is 4.98 Å². The molecule has 4 nitrogen and oxygen atoms in total. The molecule has 0 unspecified atom stereocenters. The molecular formula is C13H18N4S. The second kappa shape index (κ2) is 4.84. The summed E-state index contributed by atoms with van der Waals surface area (Å²) >= 11 is 1.82. The van der Waals surface area contributed by atoms with E-state index in [4.69, 9.17) is 0 Å². The predicted molar refractivity (Wildman–Crippen MR) is 73.8 cm³/mol. The van der Waals surface area contributed by atoms with Crippen molar-refractivity contribution in [2.24, 2.45) is 0 Å². The number of rotatable bonds is 3. The summed E-state index contributed by atoms with van der Waals surface area (Å²) in [4.78, 5) is 11.3. The lowest BCUT2D eigenvalue weighted by Gasteiger charge is -2.21. The molecule has 3 heterocycles. The standard InChI is InChI=1S/C13H18N4S/c1-17(2)6-9-5-11(18-7-9)13-12-10(3-4-14-13)15-8-16-12/h5,7-8,13-14H,3-4,6H2,1-2H3,(H,15,16)/t13-/m1/s1. The normalized spacial score (nSPS) is 19.2. The van der Waals surface area contributed by atoms with E-state index in [0.717, 1.165) is 19.5 Å². The van der Waals surface area contributed by atoms with Crippen molar-refractivity contribution in [1.82, 2.24) is 20.2 Å². The van der Waals surface area contributed by atoms with Crippen LogP contribution in [0.4, 0.5) is 0 Å². The van der Waals surface area contributed by atoms with Gasteiger partial charge in [-0.15, -0.1) is 11.3 Å². The molecule has 1 aliphatic rings. The third kappa shape index (κ3) is 2.21. The van der Waals surface area contributed by atoms with E-state index in [-0.39, 0.29) is 6.04 Å². The Balaban J connectivity index is 1.86. The van der Waals surface area contributed by atoms with Gasteiger partial charge in [-0.1, -0.05) is 0 Å². The molecular weight excluding hydrogens is 244 g/mol. The first kappa shape index (κ1) is 11.9. The largest absolute Gasteiger partial charge is 0.348 e. The Morgan fingerprint density at radius 1 is 1.50 bits per heavy atom. The van der Waals surface area contributed by atoms with E-state index in [9.17, 15) is 0 Å². The van der Waals surface area contributed by atoms with Crippen LogP contribution in [0.1, 0.15) is 27.9 Å². The van der Waals surface area contributed by atoms with Crippen molar-refractivity contribution in [3.8, 4) is 0 Å². The Bertz CT molecular complexity index is 529. The van der Waals surface area contributed by atoms with Crippen molar-refractivity contribution in [2.75, 3.05) is 20.6 Å². The summed E-state index contributed by atoms with van der Waals surface area (Å²) in [5.74, 6) is 0. The first-order valence-corrected chi connectivity index (χ1v) is 7.09. The number of aromatic nitrogens is 2. The van der Waals surface area contributed by atoms with Gasteiger partial charge in [-0.05, 0) is 31.1 Å². The minimum Gasteiger partial charge on any atom is -0.348 e. The number of imidazole rings is 1. The van der Waals surface area contributed by atoms with Crippen molar-refractivity contribution in [1.29, 1.82) is 0 Å². The number of hydrogen-bond donors (Lipinski definition) is 2. The van der Waals surface area contributed by atoms with Crippen LogP contribution in [-0.4, -0.2) is 35.5 Å². The molecule has 1 aliphatic heterocycles. The van der Waals surface area contributed by atoms with Gasteiger partial charge in [0.05, 0.1) is 18.1 Å². The van der Waals surface area contributed by atoms with Crippen LogP contribution in [-0.2, 0) is 13.0 Å². The van der Waals surface area contributed by atoms with E-state index in [0.29, 0.717) is 0 Å². The van der Waals surface area contributed by atoms with E-state index in [2.05, 4.69) is 45.7 Å². The van der Waals surface area contributed by atoms with Gasteiger partial charge in [-0.3, -0.25) is 0 Å². The van der Waals surface area contributed by atoms with Gasteiger partial charge >= 0.3 is 0 Å². The van der Waals surface area contributed by atoms with Crippen molar-refractivity contribution >= 4 is 11.3 Å². The van der Waals surface area contributed by atoms with Crippen LogP contribution in [0.2, 0.25) is 0 Å². The van der Waals surface area contributed by atoms with E-state index >= 15 is 0 Å². The van der Waals surface area contributed by atoms with Gasteiger partial charge < -0.3 is 15.2 Å². The van der Waals surface area contributed by atoms with Crippen molar-refractivity contribution < 1.29 is 0 Å². The summed E-state index contributed by atoms with van der Waals surface area (Å²) in [5.41, 5.74) is 3.82. The summed E-state index contributed by atoms with van der Waals surface area (Å²) in [5, 5.41) is 5.81. The lowest BCUT2D eigenvalue weighted by molar-refractivity contribution is 0.403. The first-order valence-electron chi connectivity index (χ1n) is 6.21. The molecule has 18 heavy (non-hydrogen) atoms. The van der Waals surface area contributed by atoms with Crippen LogP contribution in [0.15, 0.2) is 17.8 Å². The molecule has 2 aromatic heterocycles. The molecule has 96 valence electrons. The molecule has 0 aliphatic carbocycles. The van der Waals surface area contributed by atoms with Gasteiger partial charge in [0.2, 0.25) is 0 Å². The van der Waals surface area contributed by atoms with Gasteiger partial charge in [0, 0.05) is 30.1 Å². The number of thiophene rings is 1. The fourth-order valence-corrected chi connectivity index (χ4v) is 3.43. The van der Waals surface area contributed by atoms with Crippen molar-refractivity contribution in [2.45, 2.75) is 19.0 Å². The Kier molecular flexibility index (Phi) is 3.20. The predicted octanol–water partition coefficient (Wildman–Crippen LogP) is 1.77. The molecule has 0 fully saturated rings. The third-order valence-corrected chi connectivity index (χ3v) is 4.25. The van der Waals surface area contributed by atoms with Crippen molar-refractivity contribution in [3.63, 3.8) is 0 Å². The molecule has 0 bridgehead atoms. The topological polar surface area (TPSA) is 44.0 Å². The smallest absolute Gasteiger partial charge is 0.0926 e. The van der Waals surface area contributed by atoms with E-state index < -0.39 is 0 Å². The number of H-pyrrole nitrogens is 1. The lowest BCUT2D eigenvalue weighted by Crippen LogP contribution is -2.30. The highest BCUT2D eigenvalue weighted by molar-refractivity contribution is 7.10. The highest BCUT2D eigenvalue weighted by Gasteiger charge is 2.24. The summed E-state index contributed by atoms with van der Waals surface area (Å²) < 4.78 is 0. The molecule has 3 rings (SSSR count). The average molecular weight is 262 g/mol. The van der Waals surface area contributed by atoms with Crippen LogP contribution in [0.25, 0.3) is 0 Å². The fourth-order valence-electron chi connectivity index (χ4n) is 2.45. The minimum absolute atomic E-state index is 0.265. The zero-order valence-electron chi connectivity index (χ0n) is 10.7. The summed E-state index contributed by atoms with van der Waals surface area (Å²) in [6, 6.07) is 2.56. The Labute approximate surface area is 111 Å². The van der Waals surface area contributed by atoms with E-state index in [1.165, 1.54) is 21.8 Å². The highest BCUT2D eigenvalue weighted by atomic mass is 32.1. The molecule has 2 N–H and O–H groups in total. The Morgan fingerprint density at radius 3 is 3.22 bits per heavy atom. The second-order valence-corrected chi connectivity index (χ2v) is 5.94. The molecule has 1 atom stereocenters. The highest BCUT2D eigenvalue weighted by Crippen LogP contribution is 2.30. The van der Waals surface area contributed by atoms with Crippen LogP contribution in [0, 0.1) is 0 Å². The molecule has 5 heteroatoms. The number of aromatic amines is 1. The molecule has 0 radical (unpaired) electrons. The second-order valence-electron chi connectivity index (χ2n) is 5.00. The van der Waals surface area contributed by atoms with Gasteiger partial charge in [0.25, 0.3) is 0 Å². The molecule has 0 saturated heterocycles. The summed E-state index contributed by atoms with van der Waals surface area (Å²) in [7, 11) is 4.20. The fraction of sp³-hybridized carbons (Fsp3) is 0.462. The van der Waals surface area contributed by atoms with E-state index in [1.807, 2.05) is 11.3 Å². The zero-order chi connectivity index (χ0) is 12.5. The summed E-state index contributed by atoms with van der Waals surface area (Å²) in [6.07, 6.45) is 2.85. The van der Waals surface area contributed by atoms with Crippen LogP contribution in [0.3, 0.4) is 0 Å². The number of hydrogen-bond acceptors (Lipinski definition) is 4. The van der Waals surface area contributed by atoms with Gasteiger partial charge in [-0.2, -0.15) is 0 Å². The maximum Gasteiger partial charge on any atom is 0.0926 e. The SMILES string of the molecule is CN(C)Cc1csc([C@H]2NCCc3[nH]cnc32)c1. The molecule has 2 aromatic rings. The monoisotopic (exact) mass is 262 g/mol. The maximum atomic E-state index is 4.46. The van der Waals surface area contributed by atoms with E-state index in [1.54, 1.807) is 6.33 Å². The Hall–Kier alpha value is -1.17. The average Bonchev–Trinajstić information content (AvgIpc) is 2.95. The van der Waals surface area contributed by atoms with Crippen LogP contribution < -0.4 is 5.32 Å². The minimum atomic E-state index is 0.265. The van der Waals surface area contributed by atoms with Gasteiger partial charge in [0.15, 0.2) is 0 Å². The lowest BCUT2D eigenvalue weighted by atomic mass is 10.0. The van der Waals surface area contributed by atoms with Gasteiger partial charge in [0.1, 0.15) is 0 Å². The molecule has 0 saturated carbocycles. The molecule has 0 aromatic carbocycles. The third-order valence-electron chi connectivity index (χ3n) is 3.21. The first-order chi connectivity index (χ1) is 8.74. The van der Waals surface area contributed by atoms with Crippen LogP contribution >= 0.6 is 11.3 Å². The van der Waals surface area contributed by atoms with Crippen LogP contribution in [0.5, 0.6) is 0 Å². The number of nitrogens with one attached hydrogen (secondary N) is 2. The maximum absolute atomic E-state index is 4.46. The number of fused-ring (bicyclic) bond motifs is 1. The summed E-state index contributed by atoms with van der Waals surface area (Å²) in [6.45, 7) is 2.01. The van der Waals surface area contributed by atoms with Crippen molar-refractivity contribution in [3.05, 3.63) is 39.6 Å². The molecule has 0 spiro atoms. The Morgan fingerprint density at radius 2 is 2.39 bits per heavy atom. The quantitative estimate of drug-likeness (QED) is 0.886. The molecule has 0 amide bonds. The number of nitrogens with zero attached hydrogens (tertiary/aromatic N) is 2. The zero-order valence-corrected chi connectivity index (χ0v) is 11.5.